The largest absolute Gasteiger partial charge is 0.437 e. The SMILES string of the molecule is Cc1nc(Oc2cccnc2)ccc1CCl. The number of aryl methyl sites for hydroxylation is 1. The van der Waals surface area contributed by atoms with Crippen molar-refractivity contribution in [3.8, 4) is 11.6 Å². The quantitative estimate of drug-likeness (QED) is 0.765. The van der Waals surface area contributed by atoms with Gasteiger partial charge in [-0.05, 0) is 24.6 Å². The molecule has 2 aromatic rings. The maximum Gasteiger partial charge on any atom is 0.219 e. The molecular weight excluding hydrogens is 224 g/mol. The molecule has 16 heavy (non-hydrogen) atoms. The minimum Gasteiger partial charge on any atom is -0.437 e. The molecule has 0 aliphatic carbocycles. The van der Waals surface area contributed by atoms with Gasteiger partial charge < -0.3 is 4.74 Å². The van der Waals surface area contributed by atoms with Gasteiger partial charge in [-0.1, -0.05) is 6.07 Å². The Bertz CT molecular complexity index is 474. The van der Waals surface area contributed by atoms with Gasteiger partial charge in [0.05, 0.1) is 6.20 Å². The molecule has 2 rings (SSSR count). The topological polar surface area (TPSA) is 35.0 Å². The van der Waals surface area contributed by atoms with Crippen molar-refractivity contribution in [2.45, 2.75) is 12.8 Å². The molecule has 0 radical (unpaired) electrons. The summed E-state index contributed by atoms with van der Waals surface area (Å²) in [5, 5.41) is 0. The second-order valence-corrected chi connectivity index (χ2v) is 3.59. The van der Waals surface area contributed by atoms with E-state index in [0.717, 1.165) is 11.3 Å². The van der Waals surface area contributed by atoms with Gasteiger partial charge in [0.25, 0.3) is 0 Å². The highest BCUT2D eigenvalue weighted by Crippen LogP contribution is 2.20. The zero-order valence-corrected chi connectivity index (χ0v) is 9.61. The molecule has 0 aromatic carbocycles. The van der Waals surface area contributed by atoms with E-state index < -0.39 is 0 Å². The van der Waals surface area contributed by atoms with Gasteiger partial charge in [0.2, 0.25) is 5.88 Å². The number of nitrogens with zero attached hydrogens (tertiary/aromatic N) is 2. The number of alkyl halides is 1. The summed E-state index contributed by atoms with van der Waals surface area (Å²) in [4.78, 5) is 8.27. The molecule has 0 bridgehead atoms. The van der Waals surface area contributed by atoms with Crippen molar-refractivity contribution in [2.75, 3.05) is 0 Å². The zero-order valence-electron chi connectivity index (χ0n) is 8.85. The van der Waals surface area contributed by atoms with Crippen LogP contribution in [0.5, 0.6) is 11.6 Å². The maximum absolute atomic E-state index is 5.75. The Labute approximate surface area is 99.1 Å². The maximum atomic E-state index is 5.75. The molecule has 4 heteroatoms. The van der Waals surface area contributed by atoms with Crippen molar-refractivity contribution in [1.82, 2.24) is 9.97 Å². The Hall–Kier alpha value is -1.61. The molecule has 0 fully saturated rings. The van der Waals surface area contributed by atoms with Crippen molar-refractivity contribution in [3.63, 3.8) is 0 Å². The molecule has 0 aliphatic heterocycles. The lowest BCUT2D eigenvalue weighted by Gasteiger charge is -2.06. The average molecular weight is 235 g/mol. The van der Waals surface area contributed by atoms with E-state index in [9.17, 15) is 0 Å². The fraction of sp³-hybridized carbons (Fsp3) is 0.167. The minimum absolute atomic E-state index is 0.464. The van der Waals surface area contributed by atoms with E-state index in [2.05, 4.69) is 9.97 Å². The van der Waals surface area contributed by atoms with Crippen LogP contribution in [0.1, 0.15) is 11.3 Å². The smallest absolute Gasteiger partial charge is 0.219 e. The van der Waals surface area contributed by atoms with E-state index in [-0.39, 0.29) is 0 Å². The van der Waals surface area contributed by atoms with Gasteiger partial charge in [0.15, 0.2) is 0 Å². The number of hydrogen-bond acceptors (Lipinski definition) is 3. The Balaban J connectivity index is 2.20. The van der Waals surface area contributed by atoms with E-state index in [0.29, 0.717) is 17.5 Å². The van der Waals surface area contributed by atoms with Crippen molar-refractivity contribution in [3.05, 3.63) is 47.9 Å². The van der Waals surface area contributed by atoms with Crippen molar-refractivity contribution in [1.29, 1.82) is 0 Å². The molecule has 0 saturated heterocycles. The third-order valence-corrected chi connectivity index (χ3v) is 2.46. The number of aromatic nitrogens is 2. The Morgan fingerprint density at radius 2 is 2.19 bits per heavy atom. The van der Waals surface area contributed by atoms with E-state index in [1.807, 2.05) is 25.1 Å². The van der Waals surface area contributed by atoms with Crippen LogP contribution in [0.25, 0.3) is 0 Å². The molecule has 0 atom stereocenters. The summed E-state index contributed by atoms with van der Waals surface area (Å²) in [5.41, 5.74) is 1.90. The molecule has 2 aromatic heterocycles. The predicted molar refractivity (Wildman–Crippen MR) is 62.8 cm³/mol. The second kappa shape index (κ2) is 4.94. The summed E-state index contributed by atoms with van der Waals surface area (Å²) in [7, 11) is 0. The third kappa shape index (κ3) is 2.49. The van der Waals surface area contributed by atoms with Gasteiger partial charge in [-0.2, -0.15) is 0 Å². The van der Waals surface area contributed by atoms with Crippen molar-refractivity contribution < 1.29 is 4.74 Å². The summed E-state index contributed by atoms with van der Waals surface area (Å²) < 4.78 is 5.54. The molecule has 0 saturated carbocycles. The molecule has 2 heterocycles. The van der Waals surface area contributed by atoms with Crippen LogP contribution in [-0.4, -0.2) is 9.97 Å². The van der Waals surface area contributed by atoms with Gasteiger partial charge in [0.1, 0.15) is 5.75 Å². The standard InChI is InChI=1S/C12H11ClN2O/c1-9-10(7-13)4-5-12(15-9)16-11-3-2-6-14-8-11/h2-6,8H,7H2,1H3. The molecular formula is C12H11ClN2O. The van der Waals surface area contributed by atoms with Gasteiger partial charge >= 0.3 is 0 Å². The fourth-order valence-corrected chi connectivity index (χ4v) is 1.58. The normalized spacial score (nSPS) is 10.1. The zero-order chi connectivity index (χ0) is 11.4. The van der Waals surface area contributed by atoms with E-state index >= 15 is 0 Å². The number of rotatable bonds is 3. The van der Waals surface area contributed by atoms with Crippen molar-refractivity contribution in [2.24, 2.45) is 0 Å². The van der Waals surface area contributed by atoms with Crippen LogP contribution in [0.2, 0.25) is 0 Å². The highest BCUT2D eigenvalue weighted by Gasteiger charge is 2.02. The number of hydrogen-bond donors (Lipinski definition) is 0. The van der Waals surface area contributed by atoms with E-state index in [4.69, 9.17) is 16.3 Å². The first kappa shape index (κ1) is 10.9. The minimum atomic E-state index is 0.464. The van der Waals surface area contributed by atoms with Crippen LogP contribution in [0.4, 0.5) is 0 Å². The molecule has 82 valence electrons. The summed E-state index contributed by atoms with van der Waals surface area (Å²) in [6, 6.07) is 7.37. The van der Waals surface area contributed by atoms with Gasteiger partial charge in [-0.15, -0.1) is 11.6 Å². The highest BCUT2D eigenvalue weighted by molar-refractivity contribution is 6.17. The number of ether oxygens (including phenoxy) is 1. The van der Waals surface area contributed by atoms with E-state index in [1.165, 1.54) is 0 Å². The fourth-order valence-electron chi connectivity index (χ4n) is 1.29. The van der Waals surface area contributed by atoms with Crippen LogP contribution in [-0.2, 0) is 5.88 Å². The van der Waals surface area contributed by atoms with Crippen LogP contribution in [0.3, 0.4) is 0 Å². The summed E-state index contributed by atoms with van der Waals surface area (Å²) in [5.74, 6) is 1.69. The van der Waals surface area contributed by atoms with Crippen LogP contribution in [0.15, 0.2) is 36.7 Å². The monoisotopic (exact) mass is 234 g/mol. The first-order valence-corrected chi connectivity index (χ1v) is 5.43. The molecule has 0 aliphatic rings. The summed E-state index contributed by atoms with van der Waals surface area (Å²) in [6.07, 6.45) is 3.34. The Morgan fingerprint density at radius 1 is 1.31 bits per heavy atom. The van der Waals surface area contributed by atoms with Crippen LogP contribution in [0, 0.1) is 6.92 Å². The predicted octanol–water partition coefficient (Wildman–Crippen LogP) is 3.32. The third-order valence-electron chi connectivity index (χ3n) is 2.17. The van der Waals surface area contributed by atoms with Gasteiger partial charge in [-0.25, -0.2) is 4.98 Å². The Kier molecular flexibility index (Phi) is 3.37. The Morgan fingerprint density at radius 3 is 2.81 bits per heavy atom. The molecule has 0 unspecified atom stereocenters. The molecule has 0 N–H and O–H groups in total. The molecule has 0 amide bonds. The summed E-state index contributed by atoms with van der Waals surface area (Å²) in [6.45, 7) is 1.91. The first-order chi connectivity index (χ1) is 7.79. The van der Waals surface area contributed by atoms with Gasteiger partial charge in [-0.3, -0.25) is 4.98 Å². The molecule has 3 nitrogen and oxygen atoms in total. The average Bonchev–Trinajstić information content (AvgIpc) is 2.31. The summed E-state index contributed by atoms with van der Waals surface area (Å²) >= 11 is 5.75. The first-order valence-electron chi connectivity index (χ1n) is 4.90. The van der Waals surface area contributed by atoms with Gasteiger partial charge in [0, 0.05) is 23.8 Å². The molecule has 0 spiro atoms. The highest BCUT2D eigenvalue weighted by atomic mass is 35.5. The lowest BCUT2D eigenvalue weighted by molar-refractivity contribution is 0.459. The number of pyridine rings is 2. The lowest BCUT2D eigenvalue weighted by Crippen LogP contribution is -1.93. The van der Waals surface area contributed by atoms with Crippen LogP contribution >= 0.6 is 11.6 Å². The second-order valence-electron chi connectivity index (χ2n) is 3.32. The van der Waals surface area contributed by atoms with E-state index in [1.54, 1.807) is 18.5 Å². The van der Waals surface area contributed by atoms with Crippen LogP contribution < -0.4 is 4.74 Å². The number of halogens is 1. The lowest BCUT2D eigenvalue weighted by atomic mass is 10.2. The van der Waals surface area contributed by atoms with Crippen molar-refractivity contribution >= 4 is 11.6 Å².